The molecule has 5 rings (SSSR count). The van der Waals surface area contributed by atoms with Crippen LogP contribution >= 0.6 is 0 Å². The van der Waals surface area contributed by atoms with Crippen LogP contribution < -0.4 is 9.30 Å². The zero-order chi connectivity index (χ0) is 22.1. The van der Waals surface area contributed by atoms with Gasteiger partial charge in [0.25, 0.3) is 5.69 Å². The fourth-order valence-electron chi connectivity index (χ4n) is 4.92. The number of benzene rings is 3. The zero-order valence-corrected chi connectivity index (χ0v) is 19.1. The van der Waals surface area contributed by atoms with Crippen molar-refractivity contribution in [1.29, 1.82) is 0 Å². The van der Waals surface area contributed by atoms with E-state index in [0.29, 0.717) is 0 Å². The second kappa shape index (κ2) is 6.56. The summed E-state index contributed by atoms with van der Waals surface area (Å²) in [6, 6.07) is 15.4. The Balaban J connectivity index is 1.80. The summed E-state index contributed by atoms with van der Waals surface area (Å²) in [5.41, 5.74) is 8.13. The normalized spacial score (nSPS) is 12.5. The summed E-state index contributed by atoms with van der Waals surface area (Å²) in [4.78, 5) is 3.78. The summed E-state index contributed by atoms with van der Waals surface area (Å²) in [5, 5.41) is 3.57. The minimum Gasteiger partial charge on any atom is -0.450 e. The Morgan fingerprint density at radius 1 is 0.968 bits per heavy atom. The van der Waals surface area contributed by atoms with Gasteiger partial charge in [0.05, 0.1) is 17.4 Å². The van der Waals surface area contributed by atoms with Crippen LogP contribution in [0.15, 0.2) is 42.5 Å². The Hall–Kier alpha value is -3.38. The number of aromatic nitrogens is 1. The van der Waals surface area contributed by atoms with Gasteiger partial charge in [0.1, 0.15) is 12.8 Å². The van der Waals surface area contributed by atoms with Crippen LogP contribution in [0.25, 0.3) is 37.8 Å². The summed E-state index contributed by atoms with van der Waals surface area (Å²) in [6.07, 6.45) is 0.730. The molecule has 0 aliphatic carbocycles. The van der Waals surface area contributed by atoms with E-state index in [1.165, 1.54) is 38.6 Å². The maximum atomic E-state index is 7.46. The largest absolute Gasteiger partial charge is 0.450 e. The first-order valence-electron chi connectivity index (χ1n) is 10.8. The Bertz CT molecular complexity index is 1450. The molecule has 0 saturated carbocycles. The van der Waals surface area contributed by atoms with E-state index in [-0.39, 0.29) is 0 Å². The van der Waals surface area contributed by atoms with E-state index in [9.17, 15) is 0 Å². The molecule has 3 aromatic carbocycles. The van der Waals surface area contributed by atoms with E-state index in [1.807, 2.05) is 13.8 Å². The maximum absolute atomic E-state index is 7.46. The standard InChI is InChI=1S/C28H27N2O/c1-16-10-21-12-17(2)18(3)25-26(21)23(11-16)31-24-14-20-13-19(15-28(4,5)29-6)8-9-22(20)30(7)27(24)25/h8-14H,15H2,1-5,7H3/q+1. The number of pyridine rings is 1. The molecule has 1 aliphatic heterocycles. The number of hydrogen-bond acceptors (Lipinski definition) is 1. The van der Waals surface area contributed by atoms with Crippen LogP contribution in [0.4, 0.5) is 0 Å². The predicted octanol–water partition coefficient (Wildman–Crippen LogP) is 6.76. The highest BCUT2D eigenvalue weighted by Gasteiger charge is 2.32. The van der Waals surface area contributed by atoms with Gasteiger partial charge in [-0.2, -0.15) is 4.57 Å². The van der Waals surface area contributed by atoms with Crippen LogP contribution in [0.5, 0.6) is 11.5 Å². The molecule has 3 heteroatoms. The van der Waals surface area contributed by atoms with E-state index in [2.05, 4.69) is 79.7 Å². The summed E-state index contributed by atoms with van der Waals surface area (Å²) in [5.74, 6) is 1.83. The smallest absolute Gasteiger partial charge is 0.256 e. The lowest BCUT2D eigenvalue weighted by Gasteiger charge is -2.23. The van der Waals surface area contributed by atoms with Gasteiger partial charge in [-0.3, -0.25) is 0 Å². The Kier molecular flexibility index (Phi) is 4.14. The van der Waals surface area contributed by atoms with Crippen LogP contribution in [-0.2, 0) is 13.5 Å². The third kappa shape index (κ3) is 2.98. The van der Waals surface area contributed by atoms with E-state index >= 15 is 0 Å². The van der Waals surface area contributed by atoms with Gasteiger partial charge in [0.15, 0.2) is 5.75 Å². The average molecular weight is 408 g/mol. The molecule has 0 amide bonds. The van der Waals surface area contributed by atoms with Crippen molar-refractivity contribution in [2.24, 2.45) is 7.05 Å². The summed E-state index contributed by atoms with van der Waals surface area (Å²) in [7, 11) is 2.13. The highest BCUT2D eigenvalue weighted by molar-refractivity contribution is 6.05. The number of nitrogens with zero attached hydrogens (tertiary/aromatic N) is 2. The molecule has 0 saturated heterocycles. The van der Waals surface area contributed by atoms with Crippen LogP contribution in [0.2, 0.25) is 0 Å². The van der Waals surface area contributed by atoms with Crippen LogP contribution in [0.1, 0.15) is 36.1 Å². The Morgan fingerprint density at radius 3 is 2.48 bits per heavy atom. The zero-order valence-electron chi connectivity index (χ0n) is 19.1. The quantitative estimate of drug-likeness (QED) is 0.234. The minimum absolute atomic E-state index is 0.401. The molecule has 31 heavy (non-hydrogen) atoms. The number of ether oxygens (including phenoxy) is 1. The molecule has 0 bridgehead atoms. The molecule has 0 radical (unpaired) electrons. The van der Waals surface area contributed by atoms with Crippen molar-refractivity contribution in [1.82, 2.24) is 0 Å². The van der Waals surface area contributed by atoms with Gasteiger partial charge < -0.3 is 9.58 Å². The summed E-state index contributed by atoms with van der Waals surface area (Å²) >= 11 is 0. The van der Waals surface area contributed by atoms with Gasteiger partial charge in [0.2, 0.25) is 11.1 Å². The fraction of sp³-hybridized carbons (Fsp3) is 0.286. The first kappa shape index (κ1) is 19.6. The summed E-state index contributed by atoms with van der Waals surface area (Å²) < 4.78 is 8.77. The SMILES string of the molecule is [C-]#[N+]C(C)(C)Cc1ccc2c(c1)cc1c([n+]2C)-c2c(C)c(C)cc3cc(C)cc(c23)O1. The lowest BCUT2D eigenvalue weighted by molar-refractivity contribution is -0.633. The van der Waals surface area contributed by atoms with Gasteiger partial charge in [0, 0.05) is 31.4 Å². The second-order valence-corrected chi connectivity index (χ2v) is 9.57. The molecular weight excluding hydrogens is 380 g/mol. The molecule has 0 unspecified atom stereocenters. The molecule has 154 valence electrons. The average Bonchev–Trinajstić information content (AvgIpc) is 2.70. The molecule has 1 aromatic heterocycles. The molecule has 2 heterocycles. The topological polar surface area (TPSA) is 17.5 Å². The molecular formula is C28H27N2O+. The fourth-order valence-corrected chi connectivity index (χ4v) is 4.92. The van der Waals surface area contributed by atoms with Crippen molar-refractivity contribution in [3.05, 3.63) is 76.1 Å². The first-order chi connectivity index (χ1) is 14.7. The lowest BCUT2D eigenvalue weighted by Crippen LogP contribution is -2.33. The molecule has 0 N–H and O–H groups in total. The number of aryl methyl sites for hydroxylation is 3. The Morgan fingerprint density at radius 2 is 1.74 bits per heavy atom. The van der Waals surface area contributed by atoms with Gasteiger partial charge in [-0.1, -0.05) is 18.2 Å². The molecule has 0 atom stereocenters. The highest BCUT2D eigenvalue weighted by atomic mass is 16.5. The Labute approximate surface area is 183 Å². The van der Waals surface area contributed by atoms with E-state index in [1.54, 1.807) is 0 Å². The molecule has 3 nitrogen and oxygen atoms in total. The summed E-state index contributed by atoms with van der Waals surface area (Å²) in [6.45, 7) is 18.0. The van der Waals surface area contributed by atoms with Crippen molar-refractivity contribution in [2.75, 3.05) is 0 Å². The van der Waals surface area contributed by atoms with E-state index in [4.69, 9.17) is 11.3 Å². The number of rotatable bonds is 2. The highest BCUT2D eigenvalue weighted by Crippen LogP contribution is 2.48. The molecule has 0 spiro atoms. The maximum Gasteiger partial charge on any atom is 0.256 e. The first-order valence-corrected chi connectivity index (χ1v) is 10.8. The van der Waals surface area contributed by atoms with Crippen LogP contribution in [-0.4, -0.2) is 5.54 Å². The number of fused-ring (bicyclic) bond motifs is 3. The van der Waals surface area contributed by atoms with Gasteiger partial charge in [-0.15, -0.1) is 0 Å². The minimum atomic E-state index is -0.401. The molecule has 1 aliphatic rings. The predicted molar refractivity (Wildman–Crippen MR) is 127 cm³/mol. The van der Waals surface area contributed by atoms with Crippen molar-refractivity contribution in [3.8, 4) is 22.8 Å². The van der Waals surface area contributed by atoms with Gasteiger partial charge in [-0.05, 0) is 60.5 Å². The lowest BCUT2D eigenvalue weighted by atomic mass is 9.89. The third-order valence-electron chi connectivity index (χ3n) is 6.57. The van der Waals surface area contributed by atoms with E-state index < -0.39 is 5.54 Å². The van der Waals surface area contributed by atoms with Gasteiger partial charge >= 0.3 is 0 Å². The van der Waals surface area contributed by atoms with E-state index in [0.717, 1.165) is 34.5 Å². The second-order valence-electron chi connectivity index (χ2n) is 9.57. The third-order valence-corrected chi connectivity index (χ3v) is 6.57. The van der Waals surface area contributed by atoms with Crippen molar-refractivity contribution >= 4 is 21.7 Å². The number of hydrogen-bond donors (Lipinski definition) is 0. The molecule has 4 aromatic rings. The van der Waals surface area contributed by atoms with Crippen molar-refractivity contribution < 1.29 is 9.30 Å². The van der Waals surface area contributed by atoms with Crippen molar-refractivity contribution in [2.45, 2.75) is 46.6 Å². The monoisotopic (exact) mass is 407 g/mol. The van der Waals surface area contributed by atoms with Crippen LogP contribution in [0, 0.1) is 27.3 Å². The van der Waals surface area contributed by atoms with Crippen molar-refractivity contribution in [3.63, 3.8) is 0 Å². The molecule has 0 fully saturated rings. The van der Waals surface area contributed by atoms with Gasteiger partial charge in [-0.25, -0.2) is 6.57 Å². The van der Waals surface area contributed by atoms with Crippen LogP contribution in [0.3, 0.4) is 0 Å².